The molecule has 0 aromatic heterocycles. The van der Waals surface area contributed by atoms with Gasteiger partial charge in [0.15, 0.2) is 5.78 Å². The Balaban J connectivity index is 1.98. The Hall–Kier alpha value is -1.99. The average molecular weight is 378 g/mol. The molecule has 0 heterocycles. The van der Waals surface area contributed by atoms with Crippen LogP contribution in [0.25, 0.3) is 0 Å². The summed E-state index contributed by atoms with van der Waals surface area (Å²) in [5.74, 6) is -0.520. The van der Waals surface area contributed by atoms with Gasteiger partial charge in [-0.25, -0.2) is 8.42 Å². The Labute approximate surface area is 155 Å². The quantitative estimate of drug-likeness (QED) is 0.557. The molecule has 0 unspecified atom stereocenters. The second-order valence-corrected chi connectivity index (χ2v) is 8.62. The lowest BCUT2D eigenvalue weighted by atomic mass is 9.97. The minimum Gasteiger partial charge on any atom is -0.325 e. The second kappa shape index (κ2) is 9.09. The van der Waals surface area contributed by atoms with Crippen LogP contribution in [-0.4, -0.2) is 43.8 Å². The molecule has 26 heavy (non-hydrogen) atoms. The maximum atomic E-state index is 12.3. The maximum absolute atomic E-state index is 12.3. The molecule has 0 atom stereocenters. The zero-order valence-electron chi connectivity index (χ0n) is 15.3. The monoisotopic (exact) mass is 378 g/mol. The molecule has 0 saturated carbocycles. The van der Waals surface area contributed by atoms with Gasteiger partial charge in [0, 0.05) is 17.8 Å². The SMILES string of the molecule is CC(=O)c1cccc(NC(=O)CN(CCC2=CCCCC2)S(C)(=O)=O)c1. The summed E-state index contributed by atoms with van der Waals surface area (Å²) in [4.78, 5) is 23.7. The highest BCUT2D eigenvalue weighted by Gasteiger charge is 2.21. The van der Waals surface area contributed by atoms with Gasteiger partial charge in [-0.1, -0.05) is 23.8 Å². The lowest BCUT2D eigenvalue weighted by Gasteiger charge is -2.21. The second-order valence-electron chi connectivity index (χ2n) is 6.64. The predicted octanol–water partition coefficient (Wildman–Crippen LogP) is 2.98. The summed E-state index contributed by atoms with van der Waals surface area (Å²) in [7, 11) is -3.48. The average Bonchev–Trinajstić information content (AvgIpc) is 2.58. The first-order chi connectivity index (χ1) is 12.3. The van der Waals surface area contributed by atoms with Gasteiger partial charge in [0.25, 0.3) is 0 Å². The minimum atomic E-state index is -3.48. The van der Waals surface area contributed by atoms with E-state index < -0.39 is 15.9 Å². The van der Waals surface area contributed by atoms with Crippen LogP contribution in [0.4, 0.5) is 5.69 Å². The number of allylic oxidation sites excluding steroid dienone is 1. The van der Waals surface area contributed by atoms with Crippen molar-refractivity contribution >= 4 is 27.4 Å². The van der Waals surface area contributed by atoms with E-state index >= 15 is 0 Å². The highest BCUT2D eigenvalue weighted by atomic mass is 32.2. The molecule has 0 aliphatic heterocycles. The molecule has 0 bridgehead atoms. The molecule has 6 nitrogen and oxygen atoms in total. The predicted molar refractivity (Wildman–Crippen MR) is 103 cm³/mol. The van der Waals surface area contributed by atoms with E-state index in [2.05, 4.69) is 11.4 Å². The summed E-state index contributed by atoms with van der Waals surface area (Å²) < 4.78 is 25.2. The molecule has 1 N–H and O–H groups in total. The summed E-state index contributed by atoms with van der Waals surface area (Å²) in [5.41, 5.74) is 2.23. The van der Waals surface area contributed by atoms with Gasteiger partial charge in [0.2, 0.25) is 15.9 Å². The highest BCUT2D eigenvalue weighted by molar-refractivity contribution is 7.88. The number of Topliss-reactive ketones (excluding diaryl/α,β-unsaturated/α-hetero) is 1. The Bertz CT molecular complexity index is 800. The Kier molecular flexibility index (Phi) is 7.11. The van der Waals surface area contributed by atoms with Crippen LogP contribution in [0.5, 0.6) is 0 Å². The van der Waals surface area contributed by atoms with E-state index in [0.29, 0.717) is 24.2 Å². The van der Waals surface area contributed by atoms with Crippen molar-refractivity contribution in [2.45, 2.75) is 39.0 Å². The molecule has 1 aliphatic rings. The van der Waals surface area contributed by atoms with Crippen LogP contribution < -0.4 is 5.32 Å². The van der Waals surface area contributed by atoms with Crippen LogP contribution in [-0.2, 0) is 14.8 Å². The first-order valence-corrected chi connectivity index (χ1v) is 10.6. The highest BCUT2D eigenvalue weighted by Crippen LogP contribution is 2.20. The number of sulfonamides is 1. The summed E-state index contributed by atoms with van der Waals surface area (Å²) in [6.45, 7) is 1.51. The third-order valence-corrected chi connectivity index (χ3v) is 5.66. The van der Waals surface area contributed by atoms with Crippen LogP contribution in [0.1, 0.15) is 49.4 Å². The van der Waals surface area contributed by atoms with E-state index in [4.69, 9.17) is 0 Å². The third-order valence-electron chi connectivity index (χ3n) is 4.41. The zero-order valence-corrected chi connectivity index (χ0v) is 16.1. The molecule has 0 fully saturated rings. The van der Waals surface area contributed by atoms with Gasteiger partial charge in [0.05, 0.1) is 12.8 Å². The summed E-state index contributed by atoms with van der Waals surface area (Å²) in [5, 5.41) is 2.67. The number of benzene rings is 1. The number of anilines is 1. The Morgan fingerprint density at radius 1 is 1.23 bits per heavy atom. The third kappa shape index (κ3) is 6.38. The molecule has 0 saturated heterocycles. The molecule has 1 amide bonds. The van der Waals surface area contributed by atoms with Crippen molar-refractivity contribution in [2.24, 2.45) is 0 Å². The molecule has 2 rings (SSSR count). The van der Waals surface area contributed by atoms with E-state index in [1.165, 1.54) is 23.2 Å². The number of amides is 1. The van der Waals surface area contributed by atoms with Gasteiger partial charge in [0.1, 0.15) is 0 Å². The first-order valence-electron chi connectivity index (χ1n) is 8.79. The fourth-order valence-corrected chi connectivity index (χ4v) is 3.71. The first kappa shape index (κ1) is 20.3. The van der Waals surface area contributed by atoms with Crippen LogP contribution in [0.2, 0.25) is 0 Å². The topological polar surface area (TPSA) is 83.6 Å². The van der Waals surface area contributed by atoms with Crippen molar-refractivity contribution in [1.29, 1.82) is 0 Å². The van der Waals surface area contributed by atoms with E-state index in [1.807, 2.05) is 0 Å². The van der Waals surface area contributed by atoms with Gasteiger partial charge in [-0.15, -0.1) is 0 Å². The van der Waals surface area contributed by atoms with Crippen LogP contribution in [0.15, 0.2) is 35.9 Å². The number of carbonyl (C=O) groups is 2. The van der Waals surface area contributed by atoms with Gasteiger partial charge in [-0.3, -0.25) is 9.59 Å². The van der Waals surface area contributed by atoms with Gasteiger partial charge >= 0.3 is 0 Å². The molecule has 1 aromatic carbocycles. The number of ketones is 1. The zero-order chi connectivity index (χ0) is 19.2. The van der Waals surface area contributed by atoms with Crippen molar-refractivity contribution in [2.75, 3.05) is 24.7 Å². The largest absolute Gasteiger partial charge is 0.325 e. The van der Waals surface area contributed by atoms with Crippen molar-refractivity contribution in [3.63, 3.8) is 0 Å². The lowest BCUT2D eigenvalue weighted by molar-refractivity contribution is -0.116. The molecule has 1 aliphatic carbocycles. The van der Waals surface area contributed by atoms with E-state index in [0.717, 1.165) is 25.5 Å². The molecule has 1 aromatic rings. The number of rotatable bonds is 8. The van der Waals surface area contributed by atoms with E-state index in [9.17, 15) is 18.0 Å². The summed E-state index contributed by atoms with van der Waals surface area (Å²) in [6.07, 6.45) is 8.31. The Morgan fingerprint density at radius 3 is 2.62 bits per heavy atom. The molecule has 0 spiro atoms. The van der Waals surface area contributed by atoms with Crippen molar-refractivity contribution in [1.82, 2.24) is 4.31 Å². The van der Waals surface area contributed by atoms with Crippen LogP contribution in [0, 0.1) is 0 Å². The van der Waals surface area contributed by atoms with Gasteiger partial charge in [-0.05, 0) is 51.2 Å². The van der Waals surface area contributed by atoms with Crippen molar-refractivity contribution in [3.8, 4) is 0 Å². The Morgan fingerprint density at radius 2 is 2.00 bits per heavy atom. The minimum absolute atomic E-state index is 0.0976. The molecule has 7 heteroatoms. The van der Waals surface area contributed by atoms with Gasteiger partial charge < -0.3 is 5.32 Å². The van der Waals surface area contributed by atoms with Crippen molar-refractivity contribution < 1.29 is 18.0 Å². The fourth-order valence-electron chi connectivity index (χ4n) is 2.94. The fraction of sp³-hybridized carbons (Fsp3) is 0.474. The summed E-state index contributed by atoms with van der Waals surface area (Å²) >= 11 is 0. The summed E-state index contributed by atoms with van der Waals surface area (Å²) in [6, 6.07) is 6.59. The maximum Gasteiger partial charge on any atom is 0.239 e. The molecular weight excluding hydrogens is 352 g/mol. The van der Waals surface area contributed by atoms with E-state index in [-0.39, 0.29) is 12.3 Å². The molecule has 142 valence electrons. The standard InChI is InChI=1S/C19H26N2O4S/c1-15(22)17-9-6-10-18(13-17)20-19(23)14-21(26(2,24)25)12-11-16-7-4-3-5-8-16/h6-7,9-10,13H,3-5,8,11-12,14H2,1-2H3,(H,20,23). The molecular formula is C19H26N2O4S. The number of hydrogen-bond donors (Lipinski definition) is 1. The van der Waals surface area contributed by atoms with Crippen LogP contribution in [0.3, 0.4) is 0 Å². The normalized spacial score (nSPS) is 14.8. The van der Waals surface area contributed by atoms with E-state index in [1.54, 1.807) is 24.3 Å². The number of nitrogens with one attached hydrogen (secondary N) is 1. The smallest absolute Gasteiger partial charge is 0.239 e. The van der Waals surface area contributed by atoms with Gasteiger partial charge in [-0.2, -0.15) is 4.31 Å². The molecule has 0 radical (unpaired) electrons. The van der Waals surface area contributed by atoms with Crippen LogP contribution >= 0.6 is 0 Å². The lowest BCUT2D eigenvalue weighted by Crippen LogP contribution is -2.38. The number of nitrogens with zero attached hydrogens (tertiary/aromatic N) is 1. The number of carbonyl (C=O) groups excluding carboxylic acids is 2. The van der Waals surface area contributed by atoms with Crippen molar-refractivity contribution in [3.05, 3.63) is 41.5 Å². The number of hydrogen-bond acceptors (Lipinski definition) is 4.